The van der Waals surface area contributed by atoms with E-state index in [1.165, 1.54) is 0 Å². The first-order valence-corrected chi connectivity index (χ1v) is 5.99. The fourth-order valence-electron chi connectivity index (χ4n) is 1.99. The minimum absolute atomic E-state index is 0.255. The molecule has 0 amide bonds. The zero-order chi connectivity index (χ0) is 12.1. The smallest absolute Gasteiger partial charge is 0.338 e. The Labute approximate surface area is 102 Å². The molecule has 0 aliphatic heterocycles. The van der Waals surface area contributed by atoms with Crippen LogP contribution in [0.1, 0.15) is 30.1 Å². The molecule has 0 N–H and O–H groups in total. The van der Waals surface area contributed by atoms with Crippen molar-refractivity contribution in [3.63, 3.8) is 0 Å². The number of pyridine rings is 1. The van der Waals surface area contributed by atoms with Crippen LogP contribution >= 0.6 is 0 Å². The molecular weight excluding hydrogens is 214 g/mol. The van der Waals surface area contributed by atoms with Crippen LogP contribution in [0.5, 0.6) is 0 Å². The summed E-state index contributed by atoms with van der Waals surface area (Å²) in [4.78, 5) is 15.6. The van der Waals surface area contributed by atoms with E-state index in [0.717, 1.165) is 12.8 Å². The lowest BCUT2D eigenvalue weighted by molar-refractivity contribution is 0.0395. The number of allylic oxidation sites excluding steroid dienone is 2. The van der Waals surface area contributed by atoms with Crippen LogP contribution in [0.25, 0.3) is 0 Å². The van der Waals surface area contributed by atoms with Gasteiger partial charge in [-0.1, -0.05) is 19.1 Å². The van der Waals surface area contributed by atoms with E-state index in [-0.39, 0.29) is 5.97 Å². The number of nitrogens with zero attached hydrogens (tertiary/aromatic N) is 1. The van der Waals surface area contributed by atoms with Gasteiger partial charge in [0.25, 0.3) is 0 Å². The summed E-state index contributed by atoms with van der Waals surface area (Å²) in [5, 5.41) is 0. The minimum atomic E-state index is -0.255. The van der Waals surface area contributed by atoms with Crippen molar-refractivity contribution in [1.29, 1.82) is 0 Å². The molecule has 3 nitrogen and oxygen atoms in total. The molecule has 1 heterocycles. The second-order valence-corrected chi connectivity index (χ2v) is 4.51. The maximum Gasteiger partial charge on any atom is 0.338 e. The second kappa shape index (κ2) is 5.62. The van der Waals surface area contributed by atoms with Gasteiger partial charge in [0.05, 0.1) is 12.2 Å². The van der Waals surface area contributed by atoms with Gasteiger partial charge in [0, 0.05) is 12.4 Å². The monoisotopic (exact) mass is 231 g/mol. The molecule has 0 saturated heterocycles. The predicted octanol–water partition coefficient (Wildman–Crippen LogP) is 2.84. The second-order valence-electron chi connectivity index (χ2n) is 4.51. The van der Waals surface area contributed by atoms with Crippen LogP contribution in [0.2, 0.25) is 0 Å². The van der Waals surface area contributed by atoms with Crippen LogP contribution < -0.4 is 0 Å². The lowest BCUT2D eigenvalue weighted by Crippen LogP contribution is -2.21. The molecule has 90 valence electrons. The van der Waals surface area contributed by atoms with E-state index in [9.17, 15) is 4.79 Å². The van der Waals surface area contributed by atoms with E-state index in [1.807, 2.05) is 0 Å². The molecule has 0 saturated carbocycles. The third kappa shape index (κ3) is 3.16. The molecule has 2 unspecified atom stereocenters. The van der Waals surface area contributed by atoms with E-state index in [2.05, 4.69) is 24.1 Å². The first kappa shape index (κ1) is 11.8. The Morgan fingerprint density at radius 3 is 2.76 bits per heavy atom. The Morgan fingerprint density at radius 2 is 2.06 bits per heavy atom. The van der Waals surface area contributed by atoms with Crippen LogP contribution in [-0.4, -0.2) is 17.6 Å². The average Bonchev–Trinajstić information content (AvgIpc) is 2.38. The van der Waals surface area contributed by atoms with Crippen LogP contribution in [0.4, 0.5) is 0 Å². The molecule has 0 fully saturated rings. The van der Waals surface area contributed by atoms with E-state index in [1.54, 1.807) is 24.5 Å². The molecule has 0 radical (unpaired) electrons. The van der Waals surface area contributed by atoms with Crippen molar-refractivity contribution >= 4 is 5.97 Å². The van der Waals surface area contributed by atoms with E-state index < -0.39 is 0 Å². The highest BCUT2D eigenvalue weighted by Crippen LogP contribution is 2.25. The van der Waals surface area contributed by atoms with Gasteiger partial charge in [-0.3, -0.25) is 4.98 Å². The molecular formula is C14H17NO2. The summed E-state index contributed by atoms with van der Waals surface area (Å²) in [6, 6.07) is 3.35. The highest BCUT2D eigenvalue weighted by molar-refractivity contribution is 5.89. The molecule has 3 heteroatoms. The summed E-state index contributed by atoms with van der Waals surface area (Å²) in [7, 11) is 0. The Morgan fingerprint density at radius 1 is 1.35 bits per heavy atom. The van der Waals surface area contributed by atoms with Crippen LogP contribution in [0.15, 0.2) is 36.7 Å². The summed E-state index contributed by atoms with van der Waals surface area (Å²) >= 11 is 0. The number of ether oxygens (including phenoxy) is 1. The van der Waals surface area contributed by atoms with E-state index in [4.69, 9.17) is 4.74 Å². The van der Waals surface area contributed by atoms with Gasteiger partial charge in [0.1, 0.15) is 0 Å². The lowest BCUT2D eigenvalue weighted by atomic mass is 9.85. The molecule has 1 aromatic rings. The van der Waals surface area contributed by atoms with Crippen molar-refractivity contribution < 1.29 is 9.53 Å². The largest absolute Gasteiger partial charge is 0.462 e. The van der Waals surface area contributed by atoms with Crippen LogP contribution in [-0.2, 0) is 4.74 Å². The highest BCUT2D eigenvalue weighted by atomic mass is 16.5. The van der Waals surface area contributed by atoms with Crippen molar-refractivity contribution in [1.82, 2.24) is 4.98 Å². The molecule has 2 rings (SSSR count). The third-order valence-corrected chi connectivity index (χ3v) is 3.26. The van der Waals surface area contributed by atoms with Gasteiger partial charge in [-0.25, -0.2) is 4.79 Å². The molecule has 1 aliphatic rings. The maximum atomic E-state index is 11.7. The van der Waals surface area contributed by atoms with E-state index in [0.29, 0.717) is 24.0 Å². The van der Waals surface area contributed by atoms with Crippen LogP contribution in [0.3, 0.4) is 0 Å². The Bertz CT molecular complexity index is 400. The summed E-state index contributed by atoms with van der Waals surface area (Å²) in [6.45, 7) is 2.71. The number of esters is 1. The fourth-order valence-corrected chi connectivity index (χ4v) is 1.99. The van der Waals surface area contributed by atoms with Gasteiger partial charge in [-0.2, -0.15) is 0 Å². The van der Waals surface area contributed by atoms with Crippen molar-refractivity contribution in [2.75, 3.05) is 6.61 Å². The summed E-state index contributed by atoms with van der Waals surface area (Å²) in [6.07, 6.45) is 9.66. The number of hydrogen-bond acceptors (Lipinski definition) is 3. The normalized spacial score (nSPS) is 23.4. The number of rotatable bonds is 3. The molecule has 17 heavy (non-hydrogen) atoms. The van der Waals surface area contributed by atoms with Gasteiger partial charge in [0.15, 0.2) is 0 Å². The molecule has 2 atom stereocenters. The van der Waals surface area contributed by atoms with Crippen molar-refractivity contribution in [3.05, 3.63) is 42.2 Å². The summed E-state index contributed by atoms with van der Waals surface area (Å²) < 4.78 is 5.34. The number of hydrogen-bond donors (Lipinski definition) is 0. The lowest BCUT2D eigenvalue weighted by Gasteiger charge is -2.24. The standard InChI is InChI=1S/C14H17NO2/c1-11-4-2-3-5-13(11)10-17-14(16)12-6-8-15-9-7-12/h2-3,6-9,11,13H,4-5,10H2,1H3. The van der Waals surface area contributed by atoms with Gasteiger partial charge < -0.3 is 4.74 Å². The highest BCUT2D eigenvalue weighted by Gasteiger charge is 2.20. The fraction of sp³-hybridized carbons (Fsp3) is 0.429. The SMILES string of the molecule is CC1CC=CCC1COC(=O)c1ccncc1. The third-order valence-electron chi connectivity index (χ3n) is 3.26. The Hall–Kier alpha value is -1.64. The van der Waals surface area contributed by atoms with Gasteiger partial charge in [-0.05, 0) is 36.8 Å². The zero-order valence-electron chi connectivity index (χ0n) is 10.0. The van der Waals surface area contributed by atoms with E-state index >= 15 is 0 Å². The zero-order valence-corrected chi connectivity index (χ0v) is 10.0. The summed E-state index contributed by atoms with van der Waals surface area (Å²) in [5.41, 5.74) is 0.569. The molecule has 1 aliphatic carbocycles. The Kier molecular flexibility index (Phi) is 3.91. The van der Waals surface area contributed by atoms with Crippen molar-refractivity contribution in [3.8, 4) is 0 Å². The van der Waals surface area contributed by atoms with Gasteiger partial charge >= 0.3 is 5.97 Å². The molecule has 1 aromatic heterocycles. The first-order chi connectivity index (χ1) is 8.27. The van der Waals surface area contributed by atoms with Crippen molar-refractivity contribution in [2.24, 2.45) is 11.8 Å². The molecule has 0 aromatic carbocycles. The Balaban J connectivity index is 1.86. The summed E-state index contributed by atoms with van der Waals surface area (Å²) in [5.74, 6) is 0.783. The maximum absolute atomic E-state index is 11.7. The van der Waals surface area contributed by atoms with Gasteiger partial charge in [0.2, 0.25) is 0 Å². The molecule has 0 spiro atoms. The quantitative estimate of drug-likeness (QED) is 0.593. The van der Waals surface area contributed by atoms with Crippen molar-refractivity contribution in [2.45, 2.75) is 19.8 Å². The number of aromatic nitrogens is 1. The molecule has 0 bridgehead atoms. The number of carbonyl (C=O) groups is 1. The van der Waals surface area contributed by atoms with Gasteiger partial charge in [-0.15, -0.1) is 0 Å². The minimum Gasteiger partial charge on any atom is -0.462 e. The van der Waals surface area contributed by atoms with Crippen LogP contribution in [0, 0.1) is 11.8 Å². The number of carbonyl (C=O) groups excluding carboxylic acids is 1. The predicted molar refractivity (Wildman–Crippen MR) is 65.5 cm³/mol. The average molecular weight is 231 g/mol. The first-order valence-electron chi connectivity index (χ1n) is 5.99. The topological polar surface area (TPSA) is 39.2 Å².